The van der Waals surface area contributed by atoms with Gasteiger partial charge in [0.25, 0.3) is 5.91 Å². The fraction of sp³-hybridized carbons (Fsp3) is 0.533. The highest BCUT2D eigenvalue weighted by Crippen LogP contribution is 2.31. The van der Waals surface area contributed by atoms with Gasteiger partial charge in [0.2, 0.25) is 0 Å². The van der Waals surface area contributed by atoms with Gasteiger partial charge in [0.15, 0.2) is 11.5 Å². The monoisotopic (exact) mass is 276 g/mol. The molecule has 20 heavy (non-hydrogen) atoms. The van der Waals surface area contributed by atoms with Gasteiger partial charge in [0.1, 0.15) is 13.2 Å². The SMILES string of the molecule is CN(C[C@@H]1CCNC1)C(=O)c1ccc2c(c1)OCCO2. The zero-order valence-electron chi connectivity index (χ0n) is 11.7. The summed E-state index contributed by atoms with van der Waals surface area (Å²) in [6, 6.07) is 5.40. The molecule has 1 N–H and O–H groups in total. The number of ether oxygens (including phenoxy) is 2. The number of amides is 1. The summed E-state index contributed by atoms with van der Waals surface area (Å²) in [7, 11) is 1.86. The number of nitrogens with zero attached hydrogens (tertiary/aromatic N) is 1. The second-order valence-electron chi connectivity index (χ2n) is 5.40. The number of carbonyl (C=O) groups is 1. The predicted molar refractivity (Wildman–Crippen MR) is 75.4 cm³/mol. The van der Waals surface area contributed by atoms with Gasteiger partial charge in [-0.3, -0.25) is 4.79 Å². The van der Waals surface area contributed by atoms with Crippen LogP contribution in [0.1, 0.15) is 16.8 Å². The lowest BCUT2D eigenvalue weighted by Crippen LogP contribution is -2.32. The predicted octanol–water partition coefficient (Wildman–Crippen LogP) is 1.14. The molecule has 3 rings (SSSR count). The summed E-state index contributed by atoms with van der Waals surface area (Å²) in [6.07, 6.45) is 1.14. The van der Waals surface area contributed by atoms with Crippen molar-refractivity contribution in [1.82, 2.24) is 10.2 Å². The summed E-state index contributed by atoms with van der Waals surface area (Å²) in [5.74, 6) is 1.98. The van der Waals surface area contributed by atoms with Crippen molar-refractivity contribution in [3.63, 3.8) is 0 Å². The van der Waals surface area contributed by atoms with E-state index in [1.54, 1.807) is 17.0 Å². The van der Waals surface area contributed by atoms with Crippen LogP contribution in [0.5, 0.6) is 11.5 Å². The smallest absolute Gasteiger partial charge is 0.253 e. The average Bonchev–Trinajstić information content (AvgIpc) is 2.99. The molecule has 1 amide bonds. The highest BCUT2D eigenvalue weighted by Gasteiger charge is 2.21. The van der Waals surface area contributed by atoms with Crippen LogP contribution in [0.25, 0.3) is 0 Å². The molecule has 2 aliphatic heterocycles. The fourth-order valence-electron chi connectivity index (χ4n) is 2.74. The van der Waals surface area contributed by atoms with Crippen molar-refractivity contribution >= 4 is 5.91 Å². The molecule has 1 atom stereocenters. The van der Waals surface area contributed by atoms with Crippen molar-refractivity contribution in [2.24, 2.45) is 5.92 Å². The lowest BCUT2D eigenvalue weighted by molar-refractivity contribution is 0.0775. The second-order valence-corrected chi connectivity index (χ2v) is 5.40. The van der Waals surface area contributed by atoms with Gasteiger partial charge >= 0.3 is 0 Å². The molecule has 5 nitrogen and oxygen atoms in total. The molecule has 2 heterocycles. The molecule has 1 fully saturated rings. The molecule has 0 saturated carbocycles. The minimum Gasteiger partial charge on any atom is -0.486 e. The molecule has 1 saturated heterocycles. The maximum atomic E-state index is 12.4. The summed E-state index contributed by atoms with van der Waals surface area (Å²) in [4.78, 5) is 14.2. The van der Waals surface area contributed by atoms with Crippen LogP contribution in [0.3, 0.4) is 0 Å². The van der Waals surface area contributed by atoms with E-state index in [1.807, 2.05) is 13.1 Å². The first kappa shape index (κ1) is 13.2. The lowest BCUT2D eigenvalue weighted by Gasteiger charge is -2.22. The minimum atomic E-state index is 0.0360. The molecule has 108 valence electrons. The summed E-state index contributed by atoms with van der Waals surface area (Å²) in [5.41, 5.74) is 0.655. The van der Waals surface area contributed by atoms with Crippen LogP contribution in [-0.4, -0.2) is 50.7 Å². The van der Waals surface area contributed by atoms with Crippen molar-refractivity contribution in [2.45, 2.75) is 6.42 Å². The van der Waals surface area contributed by atoms with Crippen molar-refractivity contribution in [1.29, 1.82) is 0 Å². The Kier molecular flexibility index (Phi) is 3.78. The van der Waals surface area contributed by atoms with Crippen LogP contribution in [0.2, 0.25) is 0 Å². The maximum Gasteiger partial charge on any atom is 0.253 e. The van der Waals surface area contributed by atoms with Gasteiger partial charge in [0, 0.05) is 19.2 Å². The van der Waals surface area contributed by atoms with Crippen molar-refractivity contribution < 1.29 is 14.3 Å². The number of carbonyl (C=O) groups excluding carboxylic acids is 1. The van der Waals surface area contributed by atoms with Crippen molar-refractivity contribution in [3.05, 3.63) is 23.8 Å². The first-order valence-electron chi connectivity index (χ1n) is 7.10. The first-order valence-corrected chi connectivity index (χ1v) is 7.10. The normalized spacial score (nSPS) is 20.8. The molecule has 0 bridgehead atoms. The van der Waals surface area contributed by atoms with Gasteiger partial charge in [-0.2, -0.15) is 0 Å². The van der Waals surface area contributed by atoms with Crippen LogP contribution < -0.4 is 14.8 Å². The molecule has 0 unspecified atom stereocenters. The number of fused-ring (bicyclic) bond motifs is 1. The topological polar surface area (TPSA) is 50.8 Å². The van der Waals surface area contributed by atoms with E-state index in [0.29, 0.717) is 30.4 Å². The Morgan fingerprint density at radius 1 is 1.35 bits per heavy atom. The summed E-state index contributed by atoms with van der Waals surface area (Å²) < 4.78 is 11.0. The van der Waals surface area contributed by atoms with E-state index < -0.39 is 0 Å². The molecule has 0 aliphatic carbocycles. The molecule has 0 aromatic heterocycles. The lowest BCUT2D eigenvalue weighted by atomic mass is 10.1. The Hall–Kier alpha value is -1.75. The Morgan fingerprint density at radius 2 is 2.15 bits per heavy atom. The number of nitrogens with one attached hydrogen (secondary N) is 1. The number of rotatable bonds is 3. The van der Waals surface area contributed by atoms with Crippen LogP contribution in [-0.2, 0) is 0 Å². The molecule has 0 spiro atoms. The van der Waals surface area contributed by atoms with E-state index in [2.05, 4.69) is 5.32 Å². The molecular weight excluding hydrogens is 256 g/mol. The largest absolute Gasteiger partial charge is 0.486 e. The molecule has 1 aromatic rings. The van der Waals surface area contributed by atoms with Crippen molar-refractivity contribution in [2.75, 3.05) is 39.9 Å². The van der Waals surface area contributed by atoms with E-state index in [-0.39, 0.29) is 5.91 Å². The number of hydrogen-bond donors (Lipinski definition) is 1. The molecule has 0 radical (unpaired) electrons. The van der Waals surface area contributed by atoms with E-state index in [9.17, 15) is 4.79 Å². The highest BCUT2D eigenvalue weighted by atomic mass is 16.6. The average molecular weight is 276 g/mol. The van der Waals surface area contributed by atoms with Crippen LogP contribution in [0, 0.1) is 5.92 Å². The van der Waals surface area contributed by atoms with E-state index in [1.165, 1.54) is 0 Å². The molecule has 2 aliphatic rings. The molecule has 5 heteroatoms. The maximum absolute atomic E-state index is 12.4. The molecule has 1 aromatic carbocycles. The third-order valence-electron chi connectivity index (χ3n) is 3.83. The minimum absolute atomic E-state index is 0.0360. The van der Waals surface area contributed by atoms with Gasteiger partial charge in [-0.1, -0.05) is 0 Å². The van der Waals surface area contributed by atoms with Gasteiger partial charge < -0.3 is 19.7 Å². The van der Waals surface area contributed by atoms with E-state index in [0.717, 1.165) is 31.8 Å². The Morgan fingerprint density at radius 3 is 2.90 bits per heavy atom. The Balaban J connectivity index is 1.69. The summed E-state index contributed by atoms with van der Waals surface area (Å²) in [5, 5.41) is 3.32. The molecular formula is C15H20N2O3. The summed E-state index contributed by atoms with van der Waals surface area (Å²) >= 11 is 0. The van der Waals surface area contributed by atoms with Crippen molar-refractivity contribution in [3.8, 4) is 11.5 Å². The van der Waals surface area contributed by atoms with Gasteiger partial charge in [-0.25, -0.2) is 0 Å². The number of hydrogen-bond acceptors (Lipinski definition) is 4. The third-order valence-corrected chi connectivity index (χ3v) is 3.83. The zero-order chi connectivity index (χ0) is 13.9. The summed E-state index contributed by atoms with van der Waals surface area (Å²) in [6.45, 7) is 3.94. The fourth-order valence-corrected chi connectivity index (χ4v) is 2.74. The van der Waals surface area contributed by atoms with Gasteiger partial charge in [-0.15, -0.1) is 0 Å². The van der Waals surface area contributed by atoms with Gasteiger partial charge in [0.05, 0.1) is 0 Å². The van der Waals surface area contributed by atoms with E-state index >= 15 is 0 Å². The third kappa shape index (κ3) is 2.72. The van der Waals surface area contributed by atoms with E-state index in [4.69, 9.17) is 9.47 Å². The Labute approximate surface area is 118 Å². The van der Waals surface area contributed by atoms with Gasteiger partial charge in [-0.05, 0) is 43.6 Å². The van der Waals surface area contributed by atoms with Crippen LogP contribution in [0.15, 0.2) is 18.2 Å². The quantitative estimate of drug-likeness (QED) is 0.899. The highest BCUT2D eigenvalue weighted by molar-refractivity contribution is 5.94. The zero-order valence-corrected chi connectivity index (χ0v) is 11.7. The standard InChI is InChI=1S/C15H20N2O3/c1-17(10-11-4-5-16-9-11)15(18)12-2-3-13-14(8-12)20-7-6-19-13/h2-3,8,11,16H,4-7,9-10H2,1H3/t11-/m1/s1. The van der Waals surface area contributed by atoms with Crippen LogP contribution in [0.4, 0.5) is 0 Å². The first-order chi connectivity index (χ1) is 9.74. The second kappa shape index (κ2) is 5.71. The van der Waals surface area contributed by atoms with Crippen LogP contribution >= 0.6 is 0 Å². The Bertz CT molecular complexity index is 498. The number of benzene rings is 1.